The first-order valence-corrected chi connectivity index (χ1v) is 12.7. The third-order valence-corrected chi connectivity index (χ3v) is 9.56. The SMILES string of the molecule is COc1ccc2c(c1)[C@@]13Cc4[nH]c(=O)c(C(=O)NCC(N)=O)cc4C[C@@]1(O)[C@@H]1N(CC4CC4)CC21C3. The van der Waals surface area contributed by atoms with E-state index in [-0.39, 0.29) is 23.6 Å². The van der Waals surface area contributed by atoms with Gasteiger partial charge in [0.15, 0.2) is 0 Å². The van der Waals surface area contributed by atoms with E-state index in [1.165, 1.54) is 18.4 Å². The minimum Gasteiger partial charge on any atom is -0.497 e. The standard InChI is InChI=1S/C27H30N4O5/c1-36-16-4-5-18-19(7-16)26-9-20-15(6-17(23(34)30-20)22(33)29-10-21(28)32)8-27(26,35)24-25(18,12-26)13-31(24)11-14-2-3-14/h4-7,14,24,35H,2-3,8-13H2,1H3,(H2,28,32)(H,29,33)(H,30,34)/t24-,25?,26+,27-/m1/s1. The summed E-state index contributed by atoms with van der Waals surface area (Å²) in [6, 6.07) is 7.85. The van der Waals surface area contributed by atoms with Crippen LogP contribution in [0.25, 0.3) is 0 Å². The first-order chi connectivity index (χ1) is 17.2. The number of aromatic amines is 1. The summed E-state index contributed by atoms with van der Waals surface area (Å²) in [6.07, 6.45) is 4.18. The van der Waals surface area contributed by atoms with Gasteiger partial charge in [0.1, 0.15) is 11.3 Å². The zero-order valence-corrected chi connectivity index (χ0v) is 20.2. The van der Waals surface area contributed by atoms with Crippen LogP contribution >= 0.6 is 0 Å². The number of carbonyl (C=O) groups is 2. The quantitative estimate of drug-likeness (QED) is 0.454. The van der Waals surface area contributed by atoms with Crippen molar-refractivity contribution in [3.8, 4) is 5.75 Å². The van der Waals surface area contributed by atoms with Crippen molar-refractivity contribution in [3.63, 3.8) is 0 Å². The molecule has 2 heterocycles. The number of ether oxygens (including phenoxy) is 1. The molecule has 1 aliphatic heterocycles. The number of carbonyl (C=O) groups excluding carboxylic acids is 2. The molecule has 2 bridgehead atoms. The normalized spacial score (nSPS) is 33.1. The lowest BCUT2D eigenvalue weighted by Gasteiger charge is -2.62. The highest BCUT2D eigenvalue weighted by Gasteiger charge is 2.81. The number of rotatable bonds is 6. The molecular formula is C27H30N4O5. The number of methoxy groups -OCH3 is 1. The van der Waals surface area contributed by atoms with Crippen LogP contribution in [0.3, 0.4) is 0 Å². The molecule has 9 heteroatoms. The average Bonchev–Trinajstić information content (AvgIpc) is 3.57. The van der Waals surface area contributed by atoms with Crippen LogP contribution in [0.15, 0.2) is 29.1 Å². The molecule has 4 atom stereocenters. The van der Waals surface area contributed by atoms with Crippen molar-refractivity contribution in [1.82, 2.24) is 15.2 Å². The number of primary amides is 1. The topological polar surface area (TPSA) is 138 Å². The number of hydrogen-bond donors (Lipinski definition) is 4. The molecule has 2 amide bonds. The van der Waals surface area contributed by atoms with E-state index in [9.17, 15) is 19.5 Å². The highest BCUT2D eigenvalue weighted by molar-refractivity contribution is 5.96. The number of H-pyrrole nitrogens is 1. The van der Waals surface area contributed by atoms with E-state index in [0.717, 1.165) is 42.1 Å². The largest absolute Gasteiger partial charge is 0.497 e. The van der Waals surface area contributed by atoms with Crippen molar-refractivity contribution in [2.45, 2.75) is 54.6 Å². The molecular weight excluding hydrogens is 460 g/mol. The third kappa shape index (κ3) is 2.65. The zero-order valence-electron chi connectivity index (χ0n) is 20.2. The Morgan fingerprint density at radius 2 is 2.06 bits per heavy atom. The van der Waals surface area contributed by atoms with Crippen LogP contribution in [-0.2, 0) is 28.5 Å². The number of aliphatic hydroxyl groups is 1. The second-order valence-electron chi connectivity index (χ2n) is 11.5. The smallest absolute Gasteiger partial charge is 0.261 e. The second kappa shape index (κ2) is 6.98. The molecule has 0 radical (unpaired) electrons. The Morgan fingerprint density at radius 1 is 1.25 bits per heavy atom. The number of pyridine rings is 1. The van der Waals surface area contributed by atoms with Crippen LogP contribution in [-0.4, -0.2) is 65.2 Å². The van der Waals surface area contributed by atoms with Crippen LogP contribution in [0.4, 0.5) is 0 Å². The number of nitrogens with two attached hydrogens (primary N) is 1. The van der Waals surface area contributed by atoms with Gasteiger partial charge in [-0.25, -0.2) is 0 Å². The van der Waals surface area contributed by atoms with Gasteiger partial charge in [0.05, 0.1) is 25.3 Å². The van der Waals surface area contributed by atoms with Crippen molar-refractivity contribution >= 4 is 11.8 Å². The Labute approximate surface area is 208 Å². The molecule has 188 valence electrons. The summed E-state index contributed by atoms with van der Waals surface area (Å²) in [5.74, 6) is 0.143. The van der Waals surface area contributed by atoms with E-state index < -0.39 is 28.4 Å². The molecule has 5 aliphatic rings. The highest BCUT2D eigenvalue weighted by atomic mass is 16.5. The van der Waals surface area contributed by atoms with E-state index >= 15 is 0 Å². The Hall–Kier alpha value is -3.17. The maximum absolute atomic E-state index is 12.9. The molecule has 2 saturated carbocycles. The minimum absolute atomic E-state index is 0.00119. The third-order valence-electron chi connectivity index (χ3n) is 9.56. The lowest BCUT2D eigenvalue weighted by atomic mass is 9.55. The van der Waals surface area contributed by atoms with Crippen LogP contribution in [0.2, 0.25) is 0 Å². The molecule has 1 saturated heterocycles. The van der Waals surface area contributed by atoms with Gasteiger partial charge in [-0.05, 0) is 60.1 Å². The first kappa shape index (κ1) is 22.1. The van der Waals surface area contributed by atoms with E-state index in [1.807, 2.05) is 6.07 Å². The van der Waals surface area contributed by atoms with Crippen LogP contribution in [0.1, 0.15) is 52.0 Å². The number of nitrogens with one attached hydrogen (secondary N) is 2. The first-order valence-electron chi connectivity index (χ1n) is 12.7. The van der Waals surface area contributed by atoms with E-state index in [2.05, 4.69) is 27.3 Å². The zero-order chi connectivity index (χ0) is 25.0. The Balaban J connectivity index is 1.34. The maximum Gasteiger partial charge on any atom is 0.261 e. The fourth-order valence-corrected chi connectivity index (χ4v) is 8.11. The molecule has 4 aliphatic carbocycles. The Bertz CT molecular complexity index is 1400. The monoisotopic (exact) mass is 490 g/mol. The molecule has 1 aromatic heterocycles. The van der Waals surface area contributed by atoms with Gasteiger partial charge in [-0.2, -0.15) is 0 Å². The van der Waals surface area contributed by atoms with Gasteiger partial charge < -0.3 is 25.9 Å². The lowest BCUT2D eigenvalue weighted by Crippen LogP contribution is -2.75. The second-order valence-corrected chi connectivity index (χ2v) is 11.5. The molecule has 36 heavy (non-hydrogen) atoms. The molecule has 5 N–H and O–H groups in total. The summed E-state index contributed by atoms with van der Waals surface area (Å²) in [7, 11) is 1.65. The van der Waals surface area contributed by atoms with Gasteiger partial charge in [-0.15, -0.1) is 0 Å². The van der Waals surface area contributed by atoms with Crippen LogP contribution in [0.5, 0.6) is 5.75 Å². The van der Waals surface area contributed by atoms with Crippen molar-refractivity contribution in [1.29, 1.82) is 0 Å². The summed E-state index contributed by atoms with van der Waals surface area (Å²) in [5, 5.41) is 15.1. The van der Waals surface area contributed by atoms with Crippen LogP contribution < -0.4 is 21.3 Å². The van der Waals surface area contributed by atoms with Gasteiger partial charge in [0.2, 0.25) is 5.91 Å². The summed E-state index contributed by atoms with van der Waals surface area (Å²) < 4.78 is 5.56. The fraction of sp³-hybridized carbons (Fsp3) is 0.519. The lowest BCUT2D eigenvalue weighted by molar-refractivity contribution is -0.136. The Kier molecular flexibility index (Phi) is 4.28. The van der Waals surface area contributed by atoms with Gasteiger partial charge in [-0.1, -0.05) is 6.07 Å². The molecule has 2 spiro atoms. The van der Waals surface area contributed by atoms with Crippen molar-refractivity contribution in [2.75, 3.05) is 26.7 Å². The number of likely N-dealkylation sites (tertiary alicyclic amines) is 1. The maximum atomic E-state index is 12.9. The Morgan fingerprint density at radius 3 is 2.78 bits per heavy atom. The van der Waals surface area contributed by atoms with E-state index in [1.54, 1.807) is 13.2 Å². The number of fused-ring (bicyclic) bond motifs is 3. The minimum atomic E-state index is -1.04. The fourth-order valence-electron chi connectivity index (χ4n) is 8.11. The van der Waals surface area contributed by atoms with Crippen LogP contribution in [0, 0.1) is 5.92 Å². The molecule has 2 aromatic rings. The predicted molar refractivity (Wildman–Crippen MR) is 130 cm³/mol. The molecule has 3 fully saturated rings. The van der Waals surface area contributed by atoms with Gasteiger partial charge in [-0.3, -0.25) is 19.3 Å². The number of benzene rings is 1. The van der Waals surface area contributed by atoms with Gasteiger partial charge in [0.25, 0.3) is 11.5 Å². The van der Waals surface area contributed by atoms with Crippen molar-refractivity contribution in [3.05, 3.63) is 62.6 Å². The summed E-state index contributed by atoms with van der Waals surface area (Å²) in [5.41, 5.74) is 6.84. The summed E-state index contributed by atoms with van der Waals surface area (Å²) in [6.45, 7) is 1.60. The van der Waals surface area contributed by atoms with Crippen molar-refractivity contribution < 1.29 is 19.4 Å². The number of nitrogens with zero attached hydrogens (tertiary/aromatic N) is 1. The number of aromatic nitrogens is 1. The van der Waals surface area contributed by atoms with E-state index in [0.29, 0.717) is 18.8 Å². The van der Waals surface area contributed by atoms with Gasteiger partial charge in [0, 0.05) is 42.5 Å². The van der Waals surface area contributed by atoms with Crippen molar-refractivity contribution in [2.24, 2.45) is 11.7 Å². The van der Waals surface area contributed by atoms with E-state index in [4.69, 9.17) is 10.5 Å². The molecule has 1 aromatic carbocycles. The number of hydrogen-bond acceptors (Lipinski definition) is 6. The van der Waals surface area contributed by atoms with Gasteiger partial charge >= 0.3 is 0 Å². The average molecular weight is 491 g/mol. The molecule has 9 nitrogen and oxygen atoms in total. The number of amides is 2. The molecule has 7 rings (SSSR count). The summed E-state index contributed by atoms with van der Waals surface area (Å²) in [4.78, 5) is 42.0. The summed E-state index contributed by atoms with van der Waals surface area (Å²) >= 11 is 0. The molecule has 1 unspecified atom stereocenters. The predicted octanol–water partition coefficient (Wildman–Crippen LogP) is 0.116. The highest BCUT2D eigenvalue weighted by Crippen LogP contribution is 2.73.